The normalized spacial score (nSPS) is 10.4. The lowest BCUT2D eigenvalue weighted by Crippen LogP contribution is -1.99. The van der Waals surface area contributed by atoms with Crippen LogP contribution >= 0.6 is 23.2 Å². The fourth-order valence-corrected chi connectivity index (χ4v) is 2.11. The first-order valence-electron chi connectivity index (χ1n) is 4.91. The minimum Gasteiger partial charge on any atom is -0.494 e. The van der Waals surface area contributed by atoms with Crippen LogP contribution in [0.25, 0.3) is 0 Å². The predicted octanol–water partition coefficient (Wildman–Crippen LogP) is 3.28. The van der Waals surface area contributed by atoms with E-state index in [4.69, 9.17) is 33.7 Å². The fourth-order valence-electron chi connectivity index (χ4n) is 1.43. The third-order valence-corrected chi connectivity index (χ3v) is 2.74. The van der Waals surface area contributed by atoms with E-state index in [-0.39, 0.29) is 0 Å². The molecule has 84 valence electrons. The van der Waals surface area contributed by atoms with E-state index in [9.17, 15) is 0 Å². The number of halogens is 2. The van der Waals surface area contributed by atoms with Crippen LogP contribution in [0.15, 0.2) is 12.1 Å². The first-order valence-corrected chi connectivity index (χ1v) is 5.66. The third kappa shape index (κ3) is 3.56. The summed E-state index contributed by atoms with van der Waals surface area (Å²) < 4.78 is 5.07. The highest BCUT2D eigenvalue weighted by Crippen LogP contribution is 2.34. The Labute approximate surface area is 100 Å². The van der Waals surface area contributed by atoms with Crippen LogP contribution in [0.2, 0.25) is 10.0 Å². The van der Waals surface area contributed by atoms with E-state index < -0.39 is 0 Å². The van der Waals surface area contributed by atoms with Crippen LogP contribution in [0.3, 0.4) is 0 Å². The first-order chi connectivity index (χ1) is 7.19. The van der Waals surface area contributed by atoms with Gasteiger partial charge in [0.25, 0.3) is 0 Å². The number of hydrogen-bond acceptors (Lipinski definition) is 2. The molecule has 0 atom stereocenters. The summed E-state index contributed by atoms with van der Waals surface area (Å²) >= 11 is 12.0. The standard InChI is InChI=1S/C11H15Cl2NO/c1-15-11-9(12)6-8(7-10(11)13)4-2-3-5-14/h6-7H,2-5,14H2,1H3. The van der Waals surface area contributed by atoms with Gasteiger partial charge in [0.15, 0.2) is 5.75 Å². The van der Waals surface area contributed by atoms with E-state index in [1.165, 1.54) is 0 Å². The second-order valence-corrected chi connectivity index (χ2v) is 4.15. The monoisotopic (exact) mass is 247 g/mol. The Morgan fingerprint density at radius 2 is 1.80 bits per heavy atom. The lowest BCUT2D eigenvalue weighted by Gasteiger charge is -2.08. The number of ether oxygens (including phenoxy) is 1. The summed E-state index contributed by atoms with van der Waals surface area (Å²) in [5.74, 6) is 0.543. The number of aryl methyl sites for hydroxylation is 1. The Kier molecular flexibility index (Phi) is 5.23. The van der Waals surface area contributed by atoms with Gasteiger partial charge >= 0.3 is 0 Å². The molecule has 1 aromatic rings. The summed E-state index contributed by atoms with van der Waals surface area (Å²) in [5.41, 5.74) is 6.55. The summed E-state index contributed by atoms with van der Waals surface area (Å²) in [4.78, 5) is 0. The molecule has 0 aliphatic rings. The van der Waals surface area contributed by atoms with Crippen molar-refractivity contribution in [1.29, 1.82) is 0 Å². The van der Waals surface area contributed by atoms with Gasteiger partial charge in [-0.05, 0) is 43.5 Å². The summed E-state index contributed by atoms with van der Waals surface area (Å²) in [6, 6.07) is 3.78. The molecule has 0 aliphatic carbocycles. The molecule has 0 saturated heterocycles. The van der Waals surface area contributed by atoms with Crippen molar-refractivity contribution < 1.29 is 4.74 Å². The number of unbranched alkanes of at least 4 members (excludes halogenated alkanes) is 1. The first kappa shape index (κ1) is 12.6. The molecule has 0 saturated carbocycles. The molecular weight excluding hydrogens is 233 g/mol. The van der Waals surface area contributed by atoms with Gasteiger partial charge in [-0.3, -0.25) is 0 Å². The average Bonchev–Trinajstić information content (AvgIpc) is 2.18. The maximum atomic E-state index is 6.01. The molecule has 0 amide bonds. The van der Waals surface area contributed by atoms with Crippen molar-refractivity contribution in [3.63, 3.8) is 0 Å². The Morgan fingerprint density at radius 1 is 1.20 bits per heavy atom. The van der Waals surface area contributed by atoms with E-state index in [1.54, 1.807) is 7.11 Å². The summed E-state index contributed by atoms with van der Waals surface area (Å²) in [6.07, 6.45) is 3.01. The van der Waals surface area contributed by atoms with Gasteiger partial charge < -0.3 is 10.5 Å². The lowest BCUT2D eigenvalue weighted by molar-refractivity contribution is 0.415. The molecule has 0 radical (unpaired) electrons. The van der Waals surface area contributed by atoms with Gasteiger partial charge in [0.05, 0.1) is 17.2 Å². The molecule has 1 aromatic carbocycles. The summed E-state index contributed by atoms with van der Waals surface area (Å²) in [7, 11) is 1.56. The molecule has 0 aliphatic heterocycles. The SMILES string of the molecule is COc1c(Cl)cc(CCCCN)cc1Cl. The number of rotatable bonds is 5. The van der Waals surface area contributed by atoms with Crippen molar-refractivity contribution in [1.82, 2.24) is 0 Å². The van der Waals surface area contributed by atoms with Crippen LogP contribution < -0.4 is 10.5 Å². The number of nitrogens with two attached hydrogens (primary N) is 1. The van der Waals surface area contributed by atoms with Crippen LogP contribution in [0, 0.1) is 0 Å². The number of methoxy groups -OCH3 is 1. The van der Waals surface area contributed by atoms with Gasteiger partial charge in [0, 0.05) is 0 Å². The van der Waals surface area contributed by atoms with Crippen molar-refractivity contribution in [3.8, 4) is 5.75 Å². The third-order valence-electron chi connectivity index (χ3n) is 2.18. The maximum Gasteiger partial charge on any atom is 0.156 e. The fraction of sp³-hybridized carbons (Fsp3) is 0.455. The van der Waals surface area contributed by atoms with E-state index in [2.05, 4.69) is 0 Å². The molecule has 15 heavy (non-hydrogen) atoms. The topological polar surface area (TPSA) is 35.2 Å². The van der Waals surface area contributed by atoms with Crippen molar-refractivity contribution in [2.24, 2.45) is 5.73 Å². The molecule has 0 unspecified atom stereocenters. The van der Waals surface area contributed by atoms with Crippen molar-refractivity contribution in [2.75, 3.05) is 13.7 Å². The van der Waals surface area contributed by atoms with Gasteiger partial charge in [-0.2, -0.15) is 0 Å². The van der Waals surface area contributed by atoms with Crippen LogP contribution in [0.4, 0.5) is 0 Å². The van der Waals surface area contributed by atoms with Gasteiger partial charge in [0.2, 0.25) is 0 Å². The Bertz CT molecular complexity index is 305. The molecule has 0 heterocycles. The number of benzene rings is 1. The van der Waals surface area contributed by atoms with Crippen LogP contribution in [0.1, 0.15) is 18.4 Å². The molecule has 0 spiro atoms. The molecule has 4 heteroatoms. The number of hydrogen-bond donors (Lipinski definition) is 1. The minimum atomic E-state index is 0.543. The second-order valence-electron chi connectivity index (χ2n) is 3.34. The van der Waals surface area contributed by atoms with Crippen LogP contribution in [-0.2, 0) is 6.42 Å². The zero-order valence-electron chi connectivity index (χ0n) is 8.72. The highest BCUT2D eigenvalue weighted by molar-refractivity contribution is 6.37. The highest BCUT2D eigenvalue weighted by Gasteiger charge is 2.07. The van der Waals surface area contributed by atoms with E-state index in [1.807, 2.05) is 12.1 Å². The maximum absolute atomic E-state index is 6.01. The molecule has 0 aromatic heterocycles. The quantitative estimate of drug-likeness (QED) is 0.811. The van der Waals surface area contributed by atoms with E-state index in [0.717, 1.165) is 31.4 Å². The zero-order valence-corrected chi connectivity index (χ0v) is 10.2. The Balaban J connectivity index is 2.75. The molecule has 2 nitrogen and oxygen atoms in total. The molecule has 0 bridgehead atoms. The minimum absolute atomic E-state index is 0.543. The Morgan fingerprint density at radius 3 is 2.27 bits per heavy atom. The summed E-state index contributed by atoms with van der Waals surface area (Å²) in [6.45, 7) is 0.720. The molecule has 2 N–H and O–H groups in total. The van der Waals surface area contributed by atoms with Gasteiger partial charge in [-0.1, -0.05) is 23.2 Å². The van der Waals surface area contributed by atoms with Crippen molar-refractivity contribution in [2.45, 2.75) is 19.3 Å². The molecular formula is C11H15Cl2NO. The molecule has 1 rings (SSSR count). The Hall–Kier alpha value is -0.440. The van der Waals surface area contributed by atoms with Gasteiger partial charge in [-0.15, -0.1) is 0 Å². The highest BCUT2D eigenvalue weighted by atomic mass is 35.5. The van der Waals surface area contributed by atoms with E-state index >= 15 is 0 Å². The van der Waals surface area contributed by atoms with Crippen molar-refractivity contribution in [3.05, 3.63) is 27.7 Å². The van der Waals surface area contributed by atoms with Gasteiger partial charge in [0.1, 0.15) is 0 Å². The molecule has 0 fully saturated rings. The second kappa shape index (κ2) is 6.21. The average molecular weight is 248 g/mol. The zero-order chi connectivity index (χ0) is 11.3. The van der Waals surface area contributed by atoms with Crippen LogP contribution in [-0.4, -0.2) is 13.7 Å². The summed E-state index contributed by atoms with van der Waals surface area (Å²) in [5, 5.41) is 1.13. The van der Waals surface area contributed by atoms with Crippen LogP contribution in [0.5, 0.6) is 5.75 Å². The largest absolute Gasteiger partial charge is 0.494 e. The smallest absolute Gasteiger partial charge is 0.156 e. The predicted molar refractivity (Wildman–Crippen MR) is 65.0 cm³/mol. The van der Waals surface area contributed by atoms with E-state index in [0.29, 0.717) is 15.8 Å². The van der Waals surface area contributed by atoms with Crippen molar-refractivity contribution >= 4 is 23.2 Å². The van der Waals surface area contributed by atoms with Gasteiger partial charge in [-0.25, -0.2) is 0 Å². The lowest BCUT2D eigenvalue weighted by atomic mass is 10.1.